The van der Waals surface area contributed by atoms with E-state index in [4.69, 9.17) is 4.74 Å². The zero-order valence-corrected chi connectivity index (χ0v) is 10.8. The average molecular weight is 236 g/mol. The van der Waals surface area contributed by atoms with Crippen LogP contribution in [-0.2, 0) is 14.3 Å². The molecule has 0 aromatic carbocycles. The highest BCUT2D eigenvalue weighted by molar-refractivity contribution is 5.98. The molecule has 3 heteroatoms. The van der Waals surface area contributed by atoms with Gasteiger partial charge in [-0.2, -0.15) is 0 Å². The molecule has 0 amide bonds. The second-order valence-electron chi connectivity index (χ2n) is 6.74. The first-order chi connectivity index (χ1) is 7.91. The van der Waals surface area contributed by atoms with Gasteiger partial charge in [-0.05, 0) is 42.4 Å². The van der Waals surface area contributed by atoms with E-state index in [9.17, 15) is 9.59 Å². The Balaban J connectivity index is 2.11. The van der Waals surface area contributed by atoms with Gasteiger partial charge in [0.1, 0.15) is 0 Å². The molecule has 4 aliphatic rings. The third kappa shape index (κ3) is 1.18. The Hall–Kier alpha value is -0.860. The summed E-state index contributed by atoms with van der Waals surface area (Å²) in [6.07, 6.45) is 4.28. The molecule has 3 nitrogen and oxygen atoms in total. The van der Waals surface area contributed by atoms with Crippen LogP contribution in [0.5, 0.6) is 0 Å². The van der Waals surface area contributed by atoms with Crippen LogP contribution in [0.4, 0.5) is 0 Å². The van der Waals surface area contributed by atoms with Gasteiger partial charge >= 0.3 is 11.9 Å². The fourth-order valence-corrected chi connectivity index (χ4v) is 4.60. The Bertz CT molecular complexity index is 388. The predicted octanol–water partition coefficient (Wildman–Crippen LogP) is 2.54. The highest BCUT2D eigenvalue weighted by Gasteiger charge is 2.68. The highest BCUT2D eigenvalue weighted by Crippen LogP contribution is 2.67. The zero-order chi connectivity index (χ0) is 12.4. The van der Waals surface area contributed by atoms with Crippen LogP contribution in [0.3, 0.4) is 0 Å². The summed E-state index contributed by atoms with van der Waals surface area (Å²) in [5, 5.41) is 0. The Labute approximate surface area is 102 Å². The number of hydrogen-bond donors (Lipinski definition) is 0. The van der Waals surface area contributed by atoms with E-state index in [1.165, 1.54) is 0 Å². The highest BCUT2D eigenvalue weighted by atomic mass is 16.6. The average Bonchev–Trinajstić information content (AvgIpc) is 2.58. The summed E-state index contributed by atoms with van der Waals surface area (Å²) in [5.74, 6) is -0.396. The number of esters is 2. The van der Waals surface area contributed by atoms with Crippen molar-refractivity contribution in [3.05, 3.63) is 0 Å². The molecule has 3 aliphatic carbocycles. The molecule has 0 aromatic heterocycles. The summed E-state index contributed by atoms with van der Waals surface area (Å²) < 4.78 is 4.95. The van der Waals surface area contributed by atoms with Crippen molar-refractivity contribution in [2.75, 3.05) is 0 Å². The van der Waals surface area contributed by atoms with E-state index in [0.717, 1.165) is 25.7 Å². The molecule has 94 valence electrons. The Morgan fingerprint density at radius 1 is 1.06 bits per heavy atom. The SMILES string of the molecule is CC(C)C12CCC(C)(CC1)C1C(=O)OC(=O)C12. The van der Waals surface area contributed by atoms with Crippen molar-refractivity contribution in [2.45, 2.75) is 46.5 Å². The lowest BCUT2D eigenvalue weighted by Gasteiger charge is -2.58. The van der Waals surface area contributed by atoms with Gasteiger partial charge in [-0.3, -0.25) is 9.59 Å². The molecule has 4 fully saturated rings. The lowest BCUT2D eigenvalue weighted by atomic mass is 9.43. The quantitative estimate of drug-likeness (QED) is 0.519. The van der Waals surface area contributed by atoms with E-state index in [0.29, 0.717) is 5.92 Å². The first-order valence-electron chi connectivity index (χ1n) is 6.66. The maximum Gasteiger partial charge on any atom is 0.318 e. The maximum absolute atomic E-state index is 12.0. The fourth-order valence-electron chi connectivity index (χ4n) is 4.60. The van der Waals surface area contributed by atoms with Gasteiger partial charge in [-0.25, -0.2) is 0 Å². The Kier molecular flexibility index (Phi) is 2.06. The van der Waals surface area contributed by atoms with E-state index in [2.05, 4.69) is 20.8 Å². The van der Waals surface area contributed by atoms with Crippen molar-refractivity contribution >= 4 is 11.9 Å². The standard InChI is InChI=1S/C14H20O3/c1-8(2)14-6-4-13(3,5-7-14)9-10(14)12(16)17-11(9)15/h8-10H,4-7H2,1-3H3. The van der Waals surface area contributed by atoms with Crippen molar-refractivity contribution in [3.8, 4) is 0 Å². The van der Waals surface area contributed by atoms with Crippen molar-refractivity contribution in [1.29, 1.82) is 0 Å². The predicted molar refractivity (Wildman–Crippen MR) is 61.9 cm³/mol. The second-order valence-corrected chi connectivity index (χ2v) is 6.74. The van der Waals surface area contributed by atoms with E-state index in [1.807, 2.05) is 0 Å². The number of rotatable bonds is 1. The minimum atomic E-state index is -0.257. The molecule has 0 spiro atoms. The molecule has 2 atom stereocenters. The van der Waals surface area contributed by atoms with Crippen LogP contribution in [0.25, 0.3) is 0 Å². The van der Waals surface area contributed by atoms with Crippen LogP contribution in [0.2, 0.25) is 0 Å². The summed E-state index contributed by atoms with van der Waals surface area (Å²) in [6, 6.07) is 0. The van der Waals surface area contributed by atoms with Gasteiger partial charge in [-0.1, -0.05) is 20.8 Å². The third-order valence-electron chi connectivity index (χ3n) is 5.89. The summed E-state index contributed by atoms with van der Waals surface area (Å²) in [5.41, 5.74) is 0.0240. The monoisotopic (exact) mass is 236 g/mol. The van der Waals surface area contributed by atoms with Gasteiger partial charge < -0.3 is 4.74 Å². The molecule has 1 saturated heterocycles. The first-order valence-corrected chi connectivity index (χ1v) is 6.66. The van der Waals surface area contributed by atoms with Gasteiger partial charge in [0, 0.05) is 0 Å². The summed E-state index contributed by atoms with van der Waals surface area (Å²) in [6.45, 7) is 6.52. The van der Waals surface area contributed by atoms with Crippen LogP contribution < -0.4 is 0 Å². The molecular weight excluding hydrogens is 216 g/mol. The van der Waals surface area contributed by atoms with Crippen molar-refractivity contribution in [3.63, 3.8) is 0 Å². The maximum atomic E-state index is 12.0. The molecule has 2 unspecified atom stereocenters. The lowest BCUT2D eigenvalue weighted by molar-refractivity contribution is -0.158. The summed E-state index contributed by atoms with van der Waals surface area (Å²) >= 11 is 0. The van der Waals surface area contributed by atoms with Crippen LogP contribution >= 0.6 is 0 Å². The van der Waals surface area contributed by atoms with Gasteiger partial charge in [0.05, 0.1) is 11.8 Å². The van der Waals surface area contributed by atoms with Crippen LogP contribution in [0, 0.1) is 28.6 Å². The van der Waals surface area contributed by atoms with E-state index >= 15 is 0 Å². The minimum Gasteiger partial charge on any atom is -0.393 e. The van der Waals surface area contributed by atoms with E-state index in [1.54, 1.807) is 0 Å². The topological polar surface area (TPSA) is 43.4 Å². The first kappa shape index (κ1) is 11.2. The van der Waals surface area contributed by atoms with Gasteiger partial charge in [0.15, 0.2) is 0 Å². The van der Waals surface area contributed by atoms with E-state index < -0.39 is 0 Å². The number of cyclic esters (lactones) is 2. The third-order valence-corrected chi connectivity index (χ3v) is 5.89. The number of carbonyl (C=O) groups excluding carboxylic acids is 2. The largest absolute Gasteiger partial charge is 0.393 e. The molecule has 1 heterocycles. The fraction of sp³-hybridized carbons (Fsp3) is 0.857. The van der Waals surface area contributed by atoms with Crippen LogP contribution in [-0.4, -0.2) is 11.9 Å². The van der Waals surface area contributed by atoms with Gasteiger partial charge in [0.2, 0.25) is 0 Å². The van der Waals surface area contributed by atoms with Gasteiger partial charge in [-0.15, -0.1) is 0 Å². The van der Waals surface area contributed by atoms with Crippen molar-refractivity contribution in [2.24, 2.45) is 28.6 Å². The minimum absolute atomic E-state index is 0.00451. The van der Waals surface area contributed by atoms with Crippen LogP contribution in [0.1, 0.15) is 46.5 Å². The molecule has 17 heavy (non-hydrogen) atoms. The molecule has 4 rings (SSSR count). The molecular formula is C14H20O3. The number of fused-ring (bicyclic) bond motifs is 2. The van der Waals surface area contributed by atoms with Crippen molar-refractivity contribution < 1.29 is 14.3 Å². The molecule has 1 aliphatic heterocycles. The van der Waals surface area contributed by atoms with Crippen molar-refractivity contribution in [1.82, 2.24) is 0 Å². The number of carbonyl (C=O) groups is 2. The smallest absolute Gasteiger partial charge is 0.318 e. The number of hydrogen-bond acceptors (Lipinski definition) is 3. The molecule has 2 bridgehead atoms. The number of ether oxygens (including phenoxy) is 1. The summed E-state index contributed by atoms with van der Waals surface area (Å²) in [4.78, 5) is 24.0. The normalized spacial score (nSPS) is 48.5. The molecule has 0 radical (unpaired) electrons. The summed E-state index contributed by atoms with van der Waals surface area (Å²) in [7, 11) is 0. The molecule has 0 N–H and O–H groups in total. The zero-order valence-electron chi connectivity index (χ0n) is 10.8. The molecule has 3 saturated carbocycles. The molecule has 0 aromatic rings. The van der Waals surface area contributed by atoms with Crippen LogP contribution in [0.15, 0.2) is 0 Å². The Morgan fingerprint density at radius 2 is 1.59 bits per heavy atom. The Morgan fingerprint density at radius 3 is 2.12 bits per heavy atom. The van der Waals surface area contributed by atoms with E-state index in [-0.39, 0.29) is 34.6 Å². The van der Waals surface area contributed by atoms with Gasteiger partial charge in [0.25, 0.3) is 0 Å². The lowest BCUT2D eigenvalue weighted by Crippen LogP contribution is -2.56. The second kappa shape index (κ2) is 3.12.